The molecule has 0 atom stereocenters. The van der Waals surface area contributed by atoms with Crippen LogP contribution < -0.4 is 32.2 Å². The van der Waals surface area contributed by atoms with Crippen molar-refractivity contribution in [2.24, 2.45) is 0 Å². The first-order chi connectivity index (χ1) is 11.9. The predicted molar refractivity (Wildman–Crippen MR) is 94.5 cm³/mol. The molecule has 0 saturated carbocycles. The van der Waals surface area contributed by atoms with Gasteiger partial charge in [0.25, 0.3) is 0 Å². The highest BCUT2D eigenvalue weighted by Gasteiger charge is 2.31. The Morgan fingerprint density at radius 2 is 1.00 bits per heavy atom. The van der Waals surface area contributed by atoms with Crippen LogP contribution in [0, 0.1) is 0 Å². The molecule has 3 heterocycles. The number of hydrogen-bond acceptors (Lipinski definition) is 8. The third-order valence-electron chi connectivity index (χ3n) is 4.66. The summed E-state index contributed by atoms with van der Waals surface area (Å²) >= 11 is 0. The first kappa shape index (κ1) is 13.9. The lowest BCUT2D eigenvalue weighted by Gasteiger charge is -2.42. The average molecular weight is 324 g/mol. The molecule has 0 spiro atoms. The molecule has 1 fully saturated rings. The van der Waals surface area contributed by atoms with E-state index < -0.39 is 0 Å². The quantitative estimate of drug-likeness (QED) is 0.656. The number of anilines is 4. The summed E-state index contributed by atoms with van der Waals surface area (Å²) in [4.78, 5) is 0. The van der Waals surface area contributed by atoms with E-state index in [9.17, 15) is 0 Å². The van der Waals surface area contributed by atoms with Gasteiger partial charge in [-0.1, -0.05) is 24.3 Å². The second-order valence-electron chi connectivity index (χ2n) is 6.04. The van der Waals surface area contributed by atoms with Crippen molar-refractivity contribution in [1.29, 1.82) is 0 Å². The Labute approximate surface area is 140 Å². The van der Waals surface area contributed by atoms with E-state index in [0.29, 0.717) is 0 Å². The highest BCUT2D eigenvalue weighted by atomic mass is 15.9. The normalized spacial score (nSPS) is 20.5. The number of nitrogens with zero attached hydrogens (tertiary/aromatic N) is 4. The summed E-state index contributed by atoms with van der Waals surface area (Å²) in [6.07, 6.45) is 0. The first-order valence-corrected chi connectivity index (χ1v) is 8.21. The maximum Gasteiger partial charge on any atom is 0.0968 e. The van der Waals surface area contributed by atoms with Crippen LogP contribution in [0.15, 0.2) is 48.5 Å². The zero-order valence-corrected chi connectivity index (χ0v) is 13.2. The minimum atomic E-state index is 0.934. The molecule has 2 aromatic rings. The summed E-state index contributed by atoms with van der Waals surface area (Å²) in [7, 11) is 0. The Hall–Kier alpha value is -2.52. The molecule has 3 aliphatic heterocycles. The van der Waals surface area contributed by atoms with Gasteiger partial charge in [-0.05, 0) is 24.3 Å². The van der Waals surface area contributed by atoms with E-state index in [-0.39, 0.29) is 0 Å². The Morgan fingerprint density at radius 1 is 0.583 bits per heavy atom. The fourth-order valence-electron chi connectivity index (χ4n) is 3.41. The highest BCUT2D eigenvalue weighted by molar-refractivity contribution is 5.73. The molecule has 0 unspecified atom stereocenters. The molecule has 0 amide bonds. The number of hydrogen-bond donors (Lipinski definition) is 4. The van der Waals surface area contributed by atoms with E-state index in [1.807, 2.05) is 12.1 Å². The first-order valence-electron chi connectivity index (χ1n) is 8.21. The third-order valence-corrected chi connectivity index (χ3v) is 4.66. The van der Waals surface area contributed by atoms with Crippen LogP contribution in [0.3, 0.4) is 0 Å². The van der Waals surface area contributed by atoms with Crippen LogP contribution in [0.1, 0.15) is 0 Å². The molecule has 0 radical (unpaired) electrons. The fourth-order valence-corrected chi connectivity index (χ4v) is 3.41. The molecule has 1 saturated heterocycles. The molecular formula is C16H20N8. The SMILES string of the molecule is c1ccc2c(c1)NNN2N1CCN(N2NNc3ccccc32)CC1. The number of para-hydroxylation sites is 4. The van der Waals surface area contributed by atoms with Gasteiger partial charge in [-0.25, -0.2) is 20.3 Å². The van der Waals surface area contributed by atoms with Gasteiger partial charge in [-0.3, -0.25) is 0 Å². The largest absolute Gasteiger partial charge is 0.300 e. The van der Waals surface area contributed by atoms with Gasteiger partial charge in [0, 0.05) is 26.2 Å². The monoisotopic (exact) mass is 324 g/mol. The molecule has 8 nitrogen and oxygen atoms in total. The van der Waals surface area contributed by atoms with Crippen LogP contribution in [-0.4, -0.2) is 36.2 Å². The number of nitrogens with one attached hydrogen (secondary N) is 4. The van der Waals surface area contributed by atoms with Crippen LogP contribution in [-0.2, 0) is 0 Å². The molecule has 3 aliphatic rings. The van der Waals surface area contributed by atoms with E-state index in [2.05, 4.69) is 78.6 Å². The van der Waals surface area contributed by atoms with E-state index in [1.165, 1.54) is 0 Å². The summed E-state index contributed by atoms with van der Waals surface area (Å²) in [5.74, 6) is 0. The number of hydrazine groups is 6. The minimum Gasteiger partial charge on any atom is -0.300 e. The molecule has 0 bridgehead atoms. The molecule has 0 aliphatic carbocycles. The Morgan fingerprint density at radius 3 is 1.46 bits per heavy atom. The van der Waals surface area contributed by atoms with Gasteiger partial charge in [0.1, 0.15) is 0 Å². The average Bonchev–Trinajstić information content (AvgIpc) is 3.26. The topological polar surface area (TPSA) is 61.1 Å². The van der Waals surface area contributed by atoms with Crippen molar-refractivity contribution in [3.8, 4) is 0 Å². The lowest BCUT2D eigenvalue weighted by Crippen LogP contribution is -2.62. The molecular weight excluding hydrogens is 304 g/mol. The van der Waals surface area contributed by atoms with Crippen molar-refractivity contribution >= 4 is 22.7 Å². The molecule has 4 N–H and O–H groups in total. The smallest absolute Gasteiger partial charge is 0.0968 e. The van der Waals surface area contributed by atoms with Crippen LogP contribution >= 0.6 is 0 Å². The van der Waals surface area contributed by atoms with E-state index in [1.54, 1.807) is 0 Å². The van der Waals surface area contributed by atoms with Crippen molar-refractivity contribution in [2.75, 3.05) is 47.3 Å². The summed E-state index contributed by atoms with van der Waals surface area (Å²) in [6.45, 7) is 3.74. The van der Waals surface area contributed by atoms with E-state index in [0.717, 1.165) is 48.9 Å². The number of piperazine rings is 1. The molecule has 0 aromatic heterocycles. The van der Waals surface area contributed by atoms with Crippen LogP contribution in [0.5, 0.6) is 0 Å². The van der Waals surface area contributed by atoms with Crippen molar-refractivity contribution < 1.29 is 0 Å². The Bertz CT molecular complexity index is 679. The lowest BCUT2D eigenvalue weighted by molar-refractivity contribution is 0.0990. The van der Waals surface area contributed by atoms with Crippen LogP contribution in [0.25, 0.3) is 0 Å². The molecule has 124 valence electrons. The van der Waals surface area contributed by atoms with E-state index in [4.69, 9.17) is 0 Å². The second kappa shape index (κ2) is 5.53. The maximum absolute atomic E-state index is 3.24. The Balaban J connectivity index is 1.28. The third kappa shape index (κ3) is 2.16. The lowest BCUT2D eigenvalue weighted by atomic mass is 10.3. The van der Waals surface area contributed by atoms with Crippen molar-refractivity contribution in [2.45, 2.75) is 0 Å². The van der Waals surface area contributed by atoms with Gasteiger partial charge >= 0.3 is 0 Å². The van der Waals surface area contributed by atoms with Gasteiger partial charge in [0.2, 0.25) is 0 Å². The summed E-state index contributed by atoms with van der Waals surface area (Å²) in [5, 5.41) is 8.86. The predicted octanol–water partition coefficient (Wildman–Crippen LogP) is 1.14. The van der Waals surface area contributed by atoms with Crippen molar-refractivity contribution in [1.82, 2.24) is 21.1 Å². The van der Waals surface area contributed by atoms with Gasteiger partial charge in [0.15, 0.2) is 0 Å². The number of rotatable bonds is 2. The molecule has 5 rings (SSSR count). The number of benzene rings is 2. The van der Waals surface area contributed by atoms with Gasteiger partial charge in [-0.2, -0.15) is 0 Å². The Kier molecular flexibility index (Phi) is 3.20. The van der Waals surface area contributed by atoms with Gasteiger partial charge in [0.05, 0.1) is 22.7 Å². The van der Waals surface area contributed by atoms with E-state index >= 15 is 0 Å². The molecule has 8 heteroatoms. The van der Waals surface area contributed by atoms with Crippen molar-refractivity contribution in [3.05, 3.63) is 48.5 Å². The zero-order valence-electron chi connectivity index (χ0n) is 13.2. The molecule has 24 heavy (non-hydrogen) atoms. The minimum absolute atomic E-state index is 0.934. The van der Waals surface area contributed by atoms with Gasteiger partial charge < -0.3 is 10.9 Å². The molecule has 2 aromatic carbocycles. The van der Waals surface area contributed by atoms with Crippen LogP contribution in [0.2, 0.25) is 0 Å². The second-order valence-corrected chi connectivity index (χ2v) is 6.04. The standard InChI is InChI=1S/C16H20N8/c1-3-7-15-13(5-1)17-19-23(15)21-9-11-22(12-10-21)24-16-8-4-2-6-14(16)18-20-24/h1-8,17-20H,9-12H2. The van der Waals surface area contributed by atoms with Gasteiger partial charge in [-0.15, -0.1) is 11.1 Å². The van der Waals surface area contributed by atoms with Crippen molar-refractivity contribution in [3.63, 3.8) is 0 Å². The number of fused-ring (bicyclic) bond motifs is 2. The summed E-state index contributed by atoms with van der Waals surface area (Å²) in [6, 6.07) is 16.6. The maximum atomic E-state index is 3.24. The zero-order chi connectivity index (χ0) is 15.9. The highest BCUT2D eigenvalue weighted by Crippen LogP contribution is 2.31. The summed E-state index contributed by atoms with van der Waals surface area (Å²) in [5.41, 5.74) is 17.5. The van der Waals surface area contributed by atoms with Crippen LogP contribution in [0.4, 0.5) is 22.7 Å². The summed E-state index contributed by atoms with van der Waals surface area (Å²) < 4.78 is 0. The fraction of sp³-hybridized carbons (Fsp3) is 0.250.